The Hall–Kier alpha value is -3.51. The van der Waals surface area contributed by atoms with Crippen LogP contribution in [-0.2, 0) is 14.4 Å². The molecule has 1 aromatic rings. The van der Waals surface area contributed by atoms with Crippen LogP contribution in [0.3, 0.4) is 0 Å². The fourth-order valence-electron chi connectivity index (χ4n) is 1.80. The lowest BCUT2D eigenvalue weighted by Gasteiger charge is -2.11. The van der Waals surface area contributed by atoms with Crippen LogP contribution in [0.4, 0.5) is 0 Å². The second kappa shape index (κ2) is 7.66. The van der Waals surface area contributed by atoms with Gasteiger partial charge in [0.25, 0.3) is 0 Å². The summed E-state index contributed by atoms with van der Waals surface area (Å²) in [6.45, 7) is 10.5. The highest BCUT2D eigenvalue weighted by molar-refractivity contribution is 5.87. The van der Waals surface area contributed by atoms with Crippen LogP contribution in [0.15, 0.2) is 0 Å². The molecule has 1 heterocycles. The van der Waals surface area contributed by atoms with Gasteiger partial charge in [-0.3, -0.25) is 19.2 Å². The zero-order valence-electron chi connectivity index (χ0n) is 13.1. The lowest BCUT2D eigenvalue weighted by atomic mass is 10.0. The Kier molecular flexibility index (Phi) is 5.92. The number of hydrogen-bond donors (Lipinski definition) is 0. The normalized spacial score (nSPS) is 13.5. The summed E-state index contributed by atoms with van der Waals surface area (Å²) in [7, 11) is 0. The summed E-state index contributed by atoms with van der Waals surface area (Å²) in [5, 5.41) is 18.2. The molecule has 24 heavy (non-hydrogen) atoms. The van der Waals surface area contributed by atoms with Gasteiger partial charge in [-0.2, -0.15) is 10.5 Å². The van der Waals surface area contributed by atoms with E-state index in [9.17, 15) is 14.4 Å². The first kappa shape index (κ1) is 18.5. The SMILES string of the molecule is [C-]#[N+]C(C(C)=O)c1nc(C(C#N)C(C)=O)nc(C(C#N)C(C)=O)n1. The summed E-state index contributed by atoms with van der Waals surface area (Å²) in [5.74, 6) is -5.24. The quantitative estimate of drug-likeness (QED) is 0.700. The van der Waals surface area contributed by atoms with E-state index < -0.39 is 35.2 Å². The molecule has 0 aliphatic carbocycles. The maximum atomic E-state index is 11.6. The van der Waals surface area contributed by atoms with Crippen molar-refractivity contribution in [1.82, 2.24) is 15.0 Å². The van der Waals surface area contributed by atoms with Crippen molar-refractivity contribution in [2.75, 3.05) is 0 Å². The van der Waals surface area contributed by atoms with Crippen LogP contribution in [0, 0.1) is 29.2 Å². The number of ketones is 3. The zero-order valence-corrected chi connectivity index (χ0v) is 13.1. The number of nitrogens with zero attached hydrogens (tertiary/aromatic N) is 6. The minimum Gasteiger partial charge on any atom is -0.298 e. The van der Waals surface area contributed by atoms with Crippen LogP contribution in [-0.4, -0.2) is 32.3 Å². The minimum atomic E-state index is -1.37. The Morgan fingerprint density at radius 3 is 1.50 bits per heavy atom. The van der Waals surface area contributed by atoms with Crippen molar-refractivity contribution in [3.63, 3.8) is 0 Å². The molecule has 3 unspecified atom stereocenters. The molecule has 9 heteroatoms. The Morgan fingerprint density at radius 1 is 0.875 bits per heavy atom. The Balaban J connectivity index is 3.69. The van der Waals surface area contributed by atoms with E-state index in [1.165, 1.54) is 0 Å². The van der Waals surface area contributed by atoms with Gasteiger partial charge in [0.15, 0.2) is 35.1 Å². The molecule has 120 valence electrons. The highest BCUT2D eigenvalue weighted by atomic mass is 16.1. The molecule has 3 atom stereocenters. The number of aromatic nitrogens is 3. The number of carbonyl (C=O) groups is 3. The maximum absolute atomic E-state index is 11.6. The van der Waals surface area contributed by atoms with Gasteiger partial charge in [-0.15, -0.1) is 0 Å². The van der Waals surface area contributed by atoms with Gasteiger partial charge in [-0.05, 0) is 13.8 Å². The molecule has 0 aliphatic heterocycles. The van der Waals surface area contributed by atoms with Crippen LogP contribution in [0.25, 0.3) is 4.85 Å². The van der Waals surface area contributed by atoms with E-state index in [1.807, 2.05) is 0 Å². The zero-order chi connectivity index (χ0) is 18.4. The van der Waals surface area contributed by atoms with Gasteiger partial charge < -0.3 is 0 Å². The third-order valence-corrected chi connectivity index (χ3v) is 3.03. The topological polar surface area (TPSA) is 142 Å². The van der Waals surface area contributed by atoms with Crippen LogP contribution >= 0.6 is 0 Å². The van der Waals surface area contributed by atoms with Gasteiger partial charge in [0.2, 0.25) is 11.6 Å². The summed E-state index contributed by atoms with van der Waals surface area (Å²) in [6.07, 6.45) is 0. The van der Waals surface area contributed by atoms with Crippen molar-refractivity contribution in [2.45, 2.75) is 38.6 Å². The van der Waals surface area contributed by atoms with E-state index in [-0.39, 0.29) is 17.5 Å². The third kappa shape index (κ3) is 3.82. The number of carbonyl (C=O) groups excluding carboxylic acids is 3. The molecular formula is C15H12N6O3. The molecule has 0 bridgehead atoms. The van der Waals surface area contributed by atoms with Gasteiger partial charge in [-0.1, -0.05) is 0 Å². The van der Waals surface area contributed by atoms with E-state index in [1.54, 1.807) is 12.1 Å². The van der Waals surface area contributed by atoms with E-state index >= 15 is 0 Å². The van der Waals surface area contributed by atoms with Gasteiger partial charge in [0.1, 0.15) is 0 Å². The number of rotatable bonds is 6. The largest absolute Gasteiger partial charge is 0.339 e. The highest BCUT2D eigenvalue weighted by Gasteiger charge is 2.32. The standard InChI is InChI=1S/C15H12N6O3/c1-7(22)10(5-16)13-19-14(11(6-17)8(2)23)21-15(20-13)12(18-4)9(3)24/h10-12H,1-3H3. The first-order valence-corrected chi connectivity index (χ1v) is 6.69. The molecule has 0 N–H and O–H groups in total. The van der Waals surface area contributed by atoms with Gasteiger partial charge in [-0.25, -0.2) is 21.5 Å². The van der Waals surface area contributed by atoms with Gasteiger partial charge >= 0.3 is 6.04 Å². The molecule has 0 aromatic carbocycles. The molecule has 1 aromatic heterocycles. The lowest BCUT2D eigenvalue weighted by molar-refractivity contribution is -0.118. The van der Waals surface area contributed by atoms with Crippen molar-refractivity contribution in [3.05, 3.63) is 28.9 Å². The van der Waals surface area contributed by atoms with Crippen molar-refractivity contribution in [1.29, 1.82) is 10.5 Å². The molecule has 9 nitrogen and oxygen atoms in total. The Morgan fingerprint density at radius 2 is 1.25 bits per heavy atom. The molecular weight excluding hydrogens is 312 g/mol. The Bertz CT molecular complexity index is 705. The summed E-state index contributed by atoms with van der Waals surface area (Å²) >= 11 is 0. The summed E-state index contributed by atoms with van der Waals surface area (Å²) in [4.78, 5) is 49.4. The molecule has 0 saturated heterocycles. The van der Waals surface area contributed by atoms with E-state index in [0.29, 0.717) is 0 Å². The fraction of sp³-hybridized carbons (Fsp3) is 0.400. The second-order valence-electron chi connectivity index (χ2n) is 4.90. The first-order valence-electron chi connectivity index (χ1n) is 6.69. The smallest absolute Gasteiger partial charge is 0.298 e. The first-order chi connectivity index (χ1) is 11.3. The van der Waals surface area contributed by atoms with Gasteiger partial charge in [0, 0.05) is 6.92 Å². The minimum absolute atomic E-state index is 0.290. The van der Waals surface area contributed by atoms with Crippen LogP contribution in [0.2, 0.25) is 0 Å². The van der Waals surface area contributed by atoms with Crippen molar-refractivity contribution in [2.24, 2.45) is 0 Å². The van der Waals surface area contributed by atoms with Crippen molar-refractivity contribution >= 4 is 17.3 Å². The predicted octanol–water partition coefficient (Wildman–Crippen LogP) is 0.813. The lowest BCUT2D eigenvalue weighted by Crippen LogP contribution is -2.21. The molecule has 0 radical (unpaired) electrons. The highest BCUT2D eigenvalue weighted by Crippen LogP contribution is 2.21. The molecule has 0 fully saturated rings. The van der Waals surface area contributed by atoms with Crippen LogP contribution in [0.5, 0.6) is 0 Å². The summed E-state index contributed by atoms with van der Waals surface area (Å²) in [5.41, 5.74) is 0. The average Bonchev–Trinajstić information content (AvgIpc) is 2.48. The van der Waals surface area contributed by atoms with Gasteiger partial charge in [0.05, 0.1) is 12.1 Å². The summed E-state index contributed by atoms with van der Waals surface area (Å²) in [6, 6.07) is 2.05. The maximum Gasteiger partial charge on any atom is 0.339 e. The van der Waals surface area contributed by atoms with Crippen LogP contribution in [0.1, 0.15) is 56.1 Å². The molecule has 0 aliphatic rings. The molecule has 0 saturated carbocycles. The molecule has 0 spiro atoms. The molecule has 1 rings (SSSR count). The summed E-state index contributed by atoms with van der Waals surface area (Å²) < 4.78 is 0. The van der Waals surface area contributed by atoms with Crippen molar-refractivity contribution in [3.8, 4) is 12.1 Å². The second-order valence-corrected chi connectivity index (χ2v) is 4.90. The number of Topliss-reactive ketones (excluding diaryl/α,β-unsaturated/α-hetero) is 3. The monoisotopic (exact) mass is 324 g/mol. The third-order valence-electron chi connectivity index (χ3n) is 3.03. The number of nitriles is 2. The Labute approximate surface area is 137 Å². The van der Waals surface area contributed by atoms with Crippen molar-refractivity contribution < 1.29 is 14.4 Å². The molecule has 0 amide bonds. The fourth-order valence-corrected chi connectivity index (χ4v) is 1.80. The van der Waals surface area contributed by atoms with E-state index in [0.717, 1.165) is 20.8 Å². The predicted molar refractivity (Wildman–Crippen MR) is 77.9 cm³/mol. The van der Waals surface area contributed by atoms with E-state index in [2.05, 4.69) is 19.8 Å². The average molecular weight is 324 g/mol. The van der Waals surface area contributed by atoms with E-state index in [4.69, 9.17) is 17.1 Å². The number of hydrogen-bond acceptors (Lipinski definition) is 8. The van der Waals surface area contributed by atoms with Crippen LogP contribution < -0.4 is 0 Å².